The molecule has 0 radical (unpaired) electrons. The van der Waals surface area contributed by atoms with Crippen LogP contribution in [0, 0.1) is 19.8 Å². The lowest BCUT2D eigenvalue weighted by Crippen LogP contribution is -2.22. The van der Waals surface area contributed by atoms with Gasteiger partial charge in [-0.2, -0.15) is 0 Å². The minimum atomic E-state index is -0.987. The summed E-state index contributed by atoms with van der Waals surface area (Å²) in [5.74, 6) is -0.0589. The van der Waals surface area contributed by atoms with Crippen LogP contribution in [0.2, 0.25) is 0 Å². The van der Waals surface area contributed by atoms with Gasteiger partial charge in [-0.15, -0.1) is 11.3 Å². The summed E-state index contributed by atoms with van der Waals surface area (Å²) in [4.78, 5) is 18.3. The Hall–Kier alpha value is -2.96. The zero-order chi connectivity index (χ0) is 23.1. The Labute approximate surface area is 196 Å². The van der Waals surface area contributed by atoms with Crippen molar-refractivity contribution in [2.45, 2.75) is 45.6 Å². The highest BCUT2D eigenvalue weighted by atomic mass is 32.1. The van der Waals surface area contributed by atoms with E-state index in [2.05, 4.69) is 19.1 Å². The zero-order valence-corrected chi connectivity index (χ0v) is 19.6. The number of aryl methyl sites for hydroxylation is 2. The second-order valence-corrected chi connectivity index (χ2v) is 10.1. The van der Waals surface area contributed by atoms with E-state index < -0.39 is 5.97 Å². The molecule has 2 N–H and O–H groups in total. The first-order valence-electron chi connectivity index (χ1n) is 11.4. The fourth-order valence-corrected chi connectivity index (χ4v) is 5.96. The van der Waals surface area contributed by atoms with E-state index in [1.54, 1.807) is 17.4 Å². The van der Waals surface area contributed by atoms with Crippen molar-refractivity contribution in [2.24, 2.45) is 5.92 Å². The molecule has 0 amide bonds. The first-order chi connectivity index (χ1) is 15.9. The molecule has 6 heteroatoms. The van der Waals surface area contributed by atoms with E-state index in [1.165, 1.54) is 5.39 Å². The van der Waals surface area contributed by atoms with E-state index in [0.717, 1.165) is 46.4 Å². The summed E-state index contributed by atoms with van der Waals surface area (Å²) in [7, 11) is 0. The van der Waals surface area contributed by atoms with Gasteiger partial charge in [-0.25, -0.2) is 9.78 Å². The first-order valence-corrected chi connectivity index (χ1v) is 12.2. The number of hydrogen-bond donors (Lipinski definition) is 2. The van der Waals surface area contributed by atoms with Crippen molar-refractivity contribution in [3.63, 3.8) is 0 Å². The van der Waals surface area contributed by atoms with Gasteiger partial charge >= 0.3 is 5.97 Å². The maximum absolute atomic E-state index is 12.4. The van der Waals surface area contributed by atoms with Crippen LogP contribution in [-0.2, 0) is 0 Å². The Morgan fingerprint density at radius 3 is 2.61 bits per heavy atom. The lowest BCUT2D eigenvalue weighted by atomic mass is 9.88. The molecule has 1 saturated carbocycles. The molecule has 5 nitrogen and oxygen atoms in total. The molecular weight excluding hydrogens is 434 g/mol. The topological polar surface area (TPSA) is 79.7 Å². The maximum atomic E-state index is 12.4. The second-order valence-electron chi connectivity index (χ2n) is 9.00. The number of hydrogen-bond acceptors (Lipinski definition) is 5. The van der Waals surface area contributed by atoms with Gasteiger partial charge in [0.05, 0.1) is 39.7 Å². The summed E-state index contributed by atoms with van der Waals surface area (Å²) in [6, 6.07) is 13.7. The molecule has 170 valence electrons. The predicted molar refractivity (Wildman–Crippen MR) is 132 cm³/mol. The molecule has 0 bridgehead atoms. The third kappa shape index (κ3) is 4.09. The predicted octanol–water partition coefficient (Wildman–Crippen LogP) is 6.36. The third-order valence-corrected chi connectivity index (χ3v) is 8.02. The SMILES string of the molecule is Cc1c(-c2cc(C(=O)O)c3c(OCC4CCC(O)CC4)ccc(C)c3n2)sc2ccccc12. The number of carbonyl (C=O) groups is 1. The molecule has 1 aliphatic carbocycles. The standard InChI is InChI=1S/C27H27NO4S/c1-15-7-12-22(32-14-17-8-10-18(29)11-9-17)24-20(27(30)31)13-21(28-25(15)24)26-16(2)19-5-3-4-6-23(19)33-26/h3-7,12-13,17-18,29H,8-11,14H2,1-2H3,(H,30,31). The fourth-order valence-electron chi connectivity index (χ4n) is 4.79. The van der Waals surface area contributed by atoms with Crippen LogP contribution in [-0.4, -0.2) is 33.9 Å². The lowest BCUT2D eigenvalue weighted by molar-refractivity contribution is 0.0698. The number of fused-ring (bicyclic) bond motifs is 2. The third-order valence-electron chi connectivity index (χ3n) is 6.72. The zero-order valence-electron chi connectivity index (χ0n) is 18.8. The Balaban J connectivity index is 1.59. The minimum Gasteiger partial charge on any atom is -0.493 e. The molecule has 1 fully saturated rings. The van der Waals surface area contributed by atoms with Crippen LogP contribution >= 0.6 is 11.3 Å². The van der Waals surface area contributed by atoms with Crippen LogP contribution in [0.25, 0.3) is 31.6 Å². The summed E-state index contributed by atoms with van der Waals surface area (Å²) < 4.78 is 7.34. The Morgan fingerprint density at radius 2 is 1.88 bits per heavy atom. The molecule has 2 heterocycles. The highest BCUT2D eigenvalue weighted by Gasteiger charge is 2.23. The van der Waals surface area contributed by atoms with Gasteiger partial charge in [-0.1, -0.05) is 24.3 Å². The molecular formula is C27H27NO4S. The Morgan fingerprint density at radius 1 is 1.12 bits per heavy atom. The van der Waals surface area contributed by atoms with E-state index in [9.17, 15) is 15.0 Å². The minimum absolute atomic E-state index is 0.208. The van der Waals surface area contributed by atoms with Gasteiger partial charge in [0, 0.05) is 4.70 Å². The number of benzene rings is 2. The number of carboxylic acid groups (broad SMARTS) is 1. The van der Waals surface area contributed by atoms with E-state index in [-0.39, 0.29) is 11.7 Å². The summed E-state index contributed by atoms with van der Waals surface area (Å²) in [5, 5.41) is 21.6. The average Bonchev–Trinajstić information content (AvgIpc) is 3.16. The first kappa shape index (κ1) is 21.9. The number of carboxylic acids is 1. The van der Waals surface area contributed by atoms with Crippen molar-refractivity contribution >= 4 is 38.3 Å². The average molecular weight is 462 g/mol. The molecule has 0 saturated heterocycles. The number of rotatable bonds is 5. The van der Waals surface area contributed by atoms with Crippen LogP contribution in [0.15, 0.2) is 42.5 Å². The lowest BCUT2D eigenvalue weighted by Gasteiger charge is -2.25. The van der Waals surface area contributed by atoms with Crippen LogP contribution in [0.1, 0.15) is 47.2 Å². The molecule has 0 unspecified atom stereocenters. The number of thiophene rings is 1. The molecule has 33 heavy (non-hydrogen) atoms. The molecule has 0 atom stereocenters. The van der Waals surface area contributed by atoms with E-state index in [4.69, 9.17) is 9.72 Å². The van der Waals surface area contributed by atoms with Gasteiger partial charge in [-0.3, -0.25) is 0 Å². The molecule has 4 aromatic rings. The van der Waals surface area contributed by atoms with Gasteiger partial charge in [0.25, 0.3) is 0 Å². The van der Waals surface area contributed by atoms with Crippen LogP contribution in [0.4, 0.5) is 0 Å². The highest BCUT2D eigenvalue weighted by Crippen LogP contribution is 2.40. The molecule has 1 aliphatic rings. The number of pyridine rings is 1. The monoisotopic (exact) mass is 461 g/mol. The second kappa shape index (κ2) is 8.76. The molecule has 0 spiro atoms. The van der Waals surface area contributed by atoms with E-state index in [1.807, 2.05) is 31.2 Å². The highest BCUT2D eigenvalue weighted by molar-refractivity contribution is 7.22. The normalized spacial score (nSPS) is 18.6. The quantitative estimate of drug-likeness (QED) is 0.361. The van der Waals surface area contributed by atoms with Gasteiger partial charge in [0.15, 0.2) is 0 Å². The number of aromatic nitrogens is 1. The Kier molecular flexibility index (Phi) is 5.81. The molecule has 2 aromatic heterocycles. The summed E-state index contributed by atoms with van der Waals surface area (Å²) in [6.45, 7) is 4.53. The largest absolute Gasteiger partial charge is 0.493 e. The number of aromatic carboxylic acids is 1. The Bertz CT molecular complexity index is 1350. The van der Waals surface area contributed by atoms with Crippen LogP contribution in [0.5, 0.6) is 5.75 Å². The van der Waals surface area contributed by atoms with Gasteiger partial charge < -0.3 is 14.9 Å². The van der Waals surface area contributed by atoms with Crippen LogP contribution in [0.3, 0.4) is 0 Å². The van der Waals surface area contributed by atoms with Crippen molar-refractivity contribution < 1.29 is 19.7 Å². The van der Waals surface area contributed by atoms with Crippen LogP contribution < -0.4 is 4.74 Å². The summed E-state index contributed by atoms with van der Waals surface area (Å²) in [5.41, 5.74) is 3.59. The number of aliphatic hydroxyl groups is 1. The van der Waals surface area contributed by atoms with Gasteiger partial charge in [0.2, 0.25) is 0 Å². The van der Waals surface area contributed by atoms with Crippen molar-refractivity contribution in [1.29, 1.82) is 0 Å². The fraction of sp³-hybridized carbons (Fsp3) is 0.333. The number of ether oxygens (including phenoxy) is 1. The van der Waals surface area contributed by atoms with Crippen molar-refractivity contribution in [3.05, 3.63) is 59.2 Å². The number of nitrogens with zero attached hydrogens (tertiary/aromatic N) is 1. The summed E-state index contributed by atoms with van der Waals surface area (Å²) in [6.07, 6.45) is 3.22. The van der Waals surface area contributed by atoms with Crippen molar-refractivity contribution in [3.8, 4) is 16.3 Å². The summed E-state index contributed by atoms with van der Waals surface area (Å²) >= 11 is 1.64. The number of aliphatic hydroxyl groups excluding tert-OH is 1. The van der Waals surface area contributed by atoms with Gasteiger partial charge in [0.1, 0.15) is 5.75 Å². The van der Waals surface area contributed by atoms with E-state index in [0.29, 0.717) is 34.9 Å². The van der Waals surface area contributed by atoms with Crippen molar-refractivity contribution in [1.82, 2.24) is 4.98 Å². The molecule has 2 aromatic carbocycles. The smallest absolute Gasteiger partial charge is 0.336 e. The molecule has 0 aliphatic heterocycles. The maximum Gasteiger partial charge on any atom is 0.336 e. The van der Waals surface area contributed by atoms with E-state index >= 15 is 0 Å². The molecule has 5 rings (SSSR count). The van der Waals surface area contributed by atoms with Gasteiger partial charge in [-0.05, 0) is 80.2 Å². The van der Waals surface area contributed by atoms with Crippen molar-refractivity contribution in [2.75, 3.05) is 6.61 Å².